The maximum Gasteiger partial charge on any atom is 0.423 e. The highest BCUT2D eigenvalue weighted by molar-refractivity contribution is 7.99. The summed E-state index contributed by atoms with van der Waals surface area (Å²) in [5.41, 5.74) is 2.22. The fourth-order valence-corrected chi connectivity index (χ4v) is 3.36. The minimum Gasteiger partial charge on any atom is -0.480 e. The Labute approximate surface area is 157 Å². The third-order valence-electron chi connectivity index (χ3n) is 3.96. The Bertz CT molecular complexity index is 738. The highest BCUT2D eigenvalue weighted by Crippen LogP contribution is 2.41. The van der Waals surface area contributed by atoms with E-state index in [1.807, 2.05) is 0 Å². The summed E-state index contributed by atoms with van der Waals surface area (Å²) in [7, 11) is 0. The van der Waals surface area contributed by atoms with Crippen LogP contribution in [0.1, 0.15) is 18.5 Å². The van der Waals surface area contributed by atoms with Gasteiger partial charge in [-0.15, -0.1) is 0 Å². The summed E-state index contributed by atoms with van der Waals surface area (Å²) in [6.45, 7) is 0. The van der Waals surface area contributed by atoms with Gasteiger partial charge in [0.2, 0.25) is 5.60 Å². The van der Waals surface area contributed by atoms with Gasteiger partial charge in [-0.3, -0.25) is 9.78 Å². The smallest absolute Gasteiger partial charge is 0.423 e. The highest BCUT2D eigenvalue weighted by atomic mass is 32.2. The first-order chi connectivity index (χ1) is 12.6. The summed E-state index contributed by atoms with van der Waals surface area (Å²) in [5.74, 6) is -0.478. The lowest BCUT2D eigenvalue weighted by molar-refractivity contribution is -0.268. The van der Waals surface area contributed by atoms with Crippen LogP contribution >= 0.6 is 11.8 Å². The molecule has 2 atom stereocenters. The fraction of sp³-hybridized carbons (Fsp3) is 0.412. The quantitative estimate of drug-likeness (QED) is 0.551. The van der Waals surface area contributed by atoms with E-state index in [4.69, 9.17) is 15.3 Å². The lowest BCUT2D eigenvalue weighted by Gasteiger charge is -2.30. The normalized spacial score (nSPS) is 15.3. The molecule has 10 heteroatoms. The molecule has 0 spiro atoms. The predicted octanol–water partition coefficient (Wildman–Crippen LogP) is 3.02. The van der Waals surface area contributed by atoms with E-state index < -0.39 is 35.9 Å². The number of alkyl halides is 3. The number of nitrogens with two attached hydrogens (primary N) is 1. The molecule has 4 N–H and O–H groups in total. The molecule has 148 valence electrons. The molecule has 0 aliphatic heterocycles. The van der Waals surface area contributed by atoms with Crippen LogP contribution in [0.4, 0.5) is 13.2 Å². The lowest BCUT2D eigenvalue weighted by atomic mass is 9.94. The van der Waals surface area contributed by atoms with E-state index in [9.17, 15) is 23.1 Å². The second-order valence-electron chi connectivity index (χ2n) is 5.86. The van der Waals surface area contributed by atoms with Crippen LogP contribution in [0.2, 0.25) is 0 Å². The van der Waals surface area contributed by atoms with Crippen molar-refractivity contribution in [3.05, 3.63) is 42.4 Å². The third-order valence-corrected chi connectivity index (χ3v) is 4.98. The number of carboxylic acid groups (broad SMARTS) is 1. The van der Waals surface area contributed by atoms with Crippen LogP contribution in [-0.2, 0) is 10.4 Å². The molecule has 0 aliphatic carbocycles. The van der Waals surface area contributed by atoms with Crippen molar-refractivity contribution in [2.75, 3.05) is 11.5 Å². The Morgan fingerprint density at radius 2 is 2.04 bits per heavy atom. The van der Waals surface area contributed by atoms with E-state index >= 15 is 0 Å². The molecule has 2 rings (SSSR count). The molecule has 0 saturated carbocycles. The second-order valence-corrected chi connectivity index (χ2v) is 7.09. The standard InChI is InChI=1S/C17H19F3N2O4S/c18-17(19,20)16(25,6-9-27-8-5-12(21)15(23)24)14-4-3-11(10-22-14)13-2-1-7-26-13/h1-4,7,10,12,25H,5-6,8-9,21H2,(H,23,24). The number of thioether (sulfide) groups is 1. The SMILES string of the molecule is NC(CCSCCC(O)(c1ccc(-c2ccco2)cn1)C(F)(F)F)C(=O)O. The fourth-order valence-electron chi connectivity index (χ4n) is 2.30. The topological polar surface area (TPSA) is 110 Å². The van der Waals surface area contributed by atoms with Crippen LogP contribution in [-0.4, -0.2) is 44.9 Å². The molecule has 6 nitrogen and oxygen atoms in total. The maximum atomic E-state index is 13.5. The van der Waals surface area contributed by atoms with Gasteiger partial charge in [0.25, 0.3) is 0 Å². The van der Waals surface area contributed by atoms with Gasteiger partial charge in [-0.1, -0.05) is 0 Å². The van der Waals surface area contributed by atoms with Crippen LogP contribution < -0.4 is 5.73 Å². The van der Waals surface area contributed by atoms with E-state index in [-0.39, 0.29) is 17.9 Å². The zero-order valence-corrected chi connectivity index (χ0v) is 15.0. The number of nitrogens with zero attached hydrogens (tertiary/aromatic N) is 1. The lowest BCUT2D eigenvalue weighted by Crippen LogP contribution is -2.43. The number of hydrogen-bond donors (Lipinski definition) is 3. The molecule has 0 fully saturated rings. The monoisotopic (exact) mass is 404 g/mol. The number of rotatable bonds is 9. The molecule has 0 saturated heterocycles. The first kappa shape index (κ1) is 21.3. The van der Waals surface area contributed by atoms with Gasteiger partial charge in [0.15, 0.2) is 0 Å². The molecule has 0 radical (unpaired) electrons. The van der Waals surface area contributed by atoms with Gasteiger partial charge in [0.05, 0.1) is 12.0 Å². The zero-order chi connectivity index (χ0) is 20.1. The minimum absolute atomic E-state index is 0.0377. The van der Waals surface area contributed by atoms with E-state index in [1.165, 1.54) is 18.5 Å². The Kier molecular flexibility index (Phi) is 6.90. The molecule has 0 aromatic carbocycles. The number of furan rings is 1. The van der Waals surface area contributed by atoms with E-state index in [0.717, 1.165) is 17.8 Å². The molecule has 2 heterocycles. The Morgan fingerprint density at radius 1 is 1.30 bits per heavy atom. The number of halogens is 3. The first-order valence-electron chi connectivity index (χ1n) is 8.01. The molecule has 27 heavy (non-hydrogen) atoms. The number of aliphatic carboxylic acids is 1. The summed E-state index contributed by atoms with van der Waals surface area (Å²) < 4.78 is 45.6. The molecule has 0 bridgehead atoms. The highest BCUT2D eigenvalue weighted by Gasteiger charge is 2.55. The summed E-state index contributed by atoms with van der Waals surface area (Å²) in [6.07, 6.45) is -2.76. The first-order valence-corrected chi connectivity index (χ1v) is 9.16. The van der Waals surface area contributed by atoms with Crippen LogP contribution in [0.15, 0.2) is 41.1 Å². The van der Waals surface area contributed by atoms with Gasteiger partial charge in [-0.05, 0) is 48.6 Å². The van der Waals surface area contributed by atoms with Gasteiger partial charge in [0, 0.05) is 11.8 Å². The number of aromatic nitrogens is 1. The van der Waals surface area contributed by atoms with Crippen molar-refractivity contribution in [1.82, 2.24) is 4.98 Å². The van der Waals surface area contributed by atoms with Crippen molar-refractivity contribution in [2.45, 2.75) is 30.7 Å². The number of hydrogen-bond acceptors (Lipinski definition) is 6. The van der Waals surface area contributed by atoms with Crippen molar-refractivity contribution >= 4 is 17.7 Å². The van der Waals surface area contributed by atoms with Gasteiger partial charge >= 0.3 is 12.1 Å². The van der Waals surface area contributed by atoms with Crippen molar-refractivity contribution < 1.29 is 32.6 Å². The molecule has 2 aromatic rings. The van der Waals surface area contributed by atoms with Crippen LogP contribution in [0.25, 0.3) is 11.3 Å². The zero-order valence-electron chi connectivity index (χ0n) is 14.1. The van der Waals surface area contributed by atoms with E-state index in [1.54, 1.807) is 12.1 Å². The largest absolute Gasteiger partial charge is 0.480 e. The number of aliphatic hydroxyl groups is 1. The van der Waals surface area contributed by atoms with Crippen LogP contribution in [0.3, 0.4) is 0 Å². The summed E-state index contributed by atoms with van der Waals surface area (Å²) in [5, 5.41) is 19.0. The average molecular weight is 404 g/mol. The van der Waals surface area contributed by atoms with Crippen molar-refractivity contribution in [2.24, 2.45) is 5.73 Å². The summed E-state index contributed by atoms with van der Waals surface area (Å²) in [6, 6.07) is 4.75. The van der Waals surface area contributed by atoms with Gasteiger partial charge < -0.3 is 20.4 Å². The predicted molar refractivity (Wildman–Crippen MR) is 94.1 cm³/mol. The Balaban J connectivity index is 2.04. The molecule has 2 aromatic heterocycles. The summed E-state index contributed by atoms with van der Waals surface area (Å²) >= 11 is 1.09. The molecule has 2 unspecified atom stereocenters. The van der Waals surface area contributed by atoms with Crippen molar-refractivity contribution in [1.29, 1.82) is 0 Å². The van der Waals surface area contributed by atoms with Crippen LogP contribution in [0.5, 0.6) is 0 Å². The molecule has 0 amide bonds. The average Bonchev–Trinajstić information content (AvgIpc) is 3.14. The van der Waals surface area contributed by atoms with E-state index in [2.05, 4.69) is 4.98 Å². The number of carbonyl (C=O) groups is 1. The van der Waals surface area contributed by atoms with Gasteiger partial charge in [-0.25, -0.2) is 0 Å². The third kappa shape index (κ3) is 5.24. The van der Waals surface area contributed by atoms with E-state index in [0.29, 0.717) is 11.3 Å². The maximum absolute atomic E-state index is 13.5. The second kappa shape index (κ2) is 8.77. The Hall–Kier alpha value is -2.04. The van der Waals surface area contributed by atoms with Crippen molar-refractivity contribution in [3.8, 4) is 11.3 Å². The minimum atomic E-state index is -4.91. The van der Waals surface area contributed by atoms with Crippen molar-refractivity contribution in [3.63, 3.8) is 0 Å². The van der Waals surface area contributed by atoms with Crippen LogP contribution in [0, 0.1) is 0 Å². The van der Waals surface area contributed by atoms with Gasteiger partial charge in [-0.2, -0.15) is 24.9 Å². The number of pyridine rings is 1. The summed E-state index contributed by atoms with van der Waals surface area (Å²) in [4.78, 5) is 14.4. The molecular formula is C17H19F3N2O4S. The van der Waals surface area contributed by atoms with Gasteiger partial charge in [0.1, 0.15) is 11.8 Å². The molecule has 0 aliphatic rings. The number of carboxylic acids is 1. The molecular weight excluding hydrogens is 385 g/mol. The Morgan fingerprint density at radius 3 is 2.56 bits per heavy atom.